The molecular formula is C4H9ClF3NO. The third-order valence-electron chi connectivity index (χ3n) is 0.775. The summed E-state index contributed by atoms with van der Waals surface area (Å²) in [5.41, 5.74) is 0. The van der Waals surface area contributed by atoms with Crippen molar-refractivity contribution in [2.75, 3.05) is 13.6 Å². The zero-order valence-corrected chi connectivity index (χ0v) is 6.09. The van der Waals surface area contributed by atoms with Gasteiger partial charge in [-0.2, -0.15) is 13.2 Å². The second-order valence-electron chi connectivity index (χ2n) is 1.62. The molecule has 0 aliphatic rings. The first-order valence-corrected chi connectivity index (χ1v) is 2.38. The molecule has 6 heteroatoms. The summed E-state index contributed by atoms with van der Waals surface area (Å²) in [5, 5.41) is 10.4. The summed E-state index contributed by atoms with van der Waals surface area (Å²) in [6.45, 7) is -0.455. The summed E-state index contributed by atoms with van der Waals surface area (Å²) >= 11 is 0. The topological polar surface area (TPSA) is 32.3 Å². The molecule has 0 aliphatic carbocycles. The fraction of sp³-hybridized carbons (Fsp3) is 1.00. The van der Waals surface area contributed by atoms with Crippen LogP contribution >= 0.6 is 12.4 Å². The predicted molar refractivity (Wildman–Crippen MR) is 33.2 cm³/mol. The van der Waals surface area contributed by atoms with Gasteiger partial charge < -0.3 is 10.4 Å². The van der Waals surface area contributed by atoms with Gasteiger partial charge in [0.25, 0.3) is 0 Å². The Morgan fingerprint density at radius 2 is 1.90 bits per heavy atom. The normalized spacial score (nSPS) is 14.1. The minimum absolute atomic E-state index is 0. The van der Waals surface area contributed by atoms with Crippen LogP contribution in [0.5, 0.6) is 0 Å². The van der Waals surface area contributed by atoms with Crippen LogP contribution in [0.1, 0.15) is 0 Å². The average molecular weight is 180 g/mol. The molecule has 0 aromatic rings. The molecule has 0 saturated carbocycles. The molecule has 0 aromatic heterocycles. The Morgan fingerprint density at radius 1 is 1.50 bits per heavy atom. The number of aliphatic hydroxyl groups excluding tert-OH is 1. The second kappa shape index (κ2) is 4.76. The van der Waals surface area contributed by atoms with E-state index in [4.69, 9.17) is 5.11 Å². The number of alkyl halides is 3. The van der Waals surface area contributed by atoms with Gasteiger partial charge in [0.05, 0.1) is 0 Å². The van der Waals surface area contributed by atoms with Crippen LogP contribution in [0.3, 0.4) is 0 Å². The molecule has 2 nitrogen and oxygen atoms in total. The lowest BCUT2D eigenvalue weighted by Gasteiger charge is -2.12. The molecule has 0 radical (unpaired) electrons. The van der Waals surface area contributed by atoms with Crippen molar-refractivity contribution in [2.45, 2.75) is 12.3 Å². The van der Waals surface area contributed by atoms with Crippen LogP contribution in [0.4, 0.5) is 13.2 Å². The van der Waals surface area contributed by atoms with Crippen LogP contribution in [0.2, 0.25) is 0 Å². The van der Waals surface area contributed by atoms with E-state index in [1.807, 2.05) is 0 Å². The van der Waals surface area contributed by atoms with Gasteiger partial charge in [0, 0.05) is 6.54 Å². The third-order valence-corrected chi connectivity index (χ3v) is 0.775. The molecule has 0 fully saturated rings. The summed E-state index contributed by atoms with van der Waals surface area (Å²) in [6.07, 6.45) is -6.74. The van der Waals surface area contributed by atoms with E-state index in [1.165, 1.54) is 7.05 Å². The van der Waals surface area contributed by atoms with Gasteiger partial charge in [-0.3, -0.25) is 0 Å². The lowest BCUT2D eigenvalue weighted by molar-refractivity contribution is -0.201. The van der Waals surface area contributed by atoms with Crippen LogP contribution in [-0.2, 0) is 0 Å². The Balaban J connectivity index is 0. The van der Waals surface area contributed by atoms with E-state index in [-0.39, 0.29) is 12.4 Å². The predicted octanol–water partition coefficient (Wildman–Crippen LogP) is 0.551. The van der Waals surface area contributed by atoms with Gasteiger partial charge in [0.1, 0.15) is 0 Å². The molecule has 0 amide bonds. The molecule has 64 valence electrons. The fourth-order valence-electron chi connectivity index (χ4n) is 0.309. The monoisotopic (exact) mass is 179 g/mol. The van der Waals surface area contributed by atoms with Crippen molar-refractivity contribution < 1.29 is 18.3 Å². The fourth-order valence-corrected chi connectivity index (χ4v) is 0.309. The van der Waals surface area contributed by atoms with E-state index < -0.39 is 18.8 Å². The summed E-state index contributed by atoms with van der Waals surface area (Å²) in [6, 6.07) is 0. The molecule has 2 N–H and O–H groups in total. The van der Waals surface area contributed by atoms with Gasteiger partial charge in [-0.25, -0.2) is 0 Å². The summed E-state index contributed by atoms with van der Waals surface area (Å²) in [4.78, 5) is 0. The number of hydrogen-bond acceptors (Lipinski definition) is 2. The van der Waals surface area contributed by atoms with Crippen molar-refractivity contribution in [1.82, 2.24) is 5.32 Å². The van der Waals surface area contributed by atoms with Crippen LogP contribution in [0.25, 0.3) is 0 Å². The first kappa shape index (κ1) is 12.7. The molecule has 0 aromatic carbocycles. The lowest BCUT2D eigenvalue weighted by Crippen LogP contribution is -2.36. The molecule has 10 heavy (non-hydrogen) atoms. The largest absolute Gasteiger partial charge is 0.415 e. The molecule has 0 rings (SSSR count). The molecule has 0 heterocycles. The van der Waals surface area contributed by atoms with Crippen molar-refractivity contribution in [3.63, 3.8) is 0 Å². The Hall–Kier alpha value is -0.0000000000000000555. The van der Waals surface area contributed by atoms with E-state index in [2.05, 4.69) is 5.32 Å². The maximum Gasteiger partial charge on any atom is 0.415 e. The number of halogens is 4. The maximum atomic E-state index is 11.3. The Bertz CT molecular complexity index is 87.1. The maximum absolute atomic E-state index is 11.3. The van der Waals surface area contributed by atoms with E-state index in [9.17, 15) is 13.2 Å². The van der Waals surface area contributed by atoms with Gasteiger partial charge in [-0.15, -0.1) is 12.4 Å². The smallest absolute Gasteiger partial charge is 0.382 e. The average Bonchev–Trinajstić information content (AvgIpc) is 1.64. The van der Waals surface area contributed by atoms with E-state index in [0.717, 1.165) is 0 Å². The molecule has 0 unspecified atom stereocenters. The van der Waals surface area contributed by atoms with Crippen molar-refractivity contribution >= 4 is 12.4 Å². The zero-order chi connectivity index (χ0) is 7.49. The molecule has 0 saturated heterocycles. The second-order valence-corrected chi connectivity index (χ2v) is 1.62. The van der Waals surface area contributed by atoms with Gasteiger partial charge in [-0.1, -0.05) is 0 Å². The van der Waals surface area contributed by atoms with Gasteiger partial charge >= 0.3 is 6.18 Å². The van der Waals surface area contributed by atoms with Crippen molar-refractivity contribution in [1.29, 1.82) is 0 Å². The van der Waals surface area contributed by atoms with Crippen LogP contribution < -0.4 is 5.32 Å². The van der Waals surface area contributed by atoms with Gasteiger partial charge in [-0.05, 0) is 7.05 Å². The highest BCUT2D eigenvalue weighted by atomic mass is 35.5. The van der Waals surface area contributed by atoms with Crippen molar-refractivity contribution in [2.24, 2.45) is 0 Å². The summed E-state index contributed by atoms with van der Waals surface area (Å²) in [7, 11) is 1.34. The highest BCUT2D eigenvalue weighted by Crippen LogP contribution is 2.18. The summed E-state index contributed by atoms with van der Waals surface area (Å²) < 4.78 is 34.0. The standard InChI is InChI=1S/C4H8F3NO.ClH/c1-8-2-3(9)4(5,6)7;/h3,8-9H,2H2,1H3;1H/t3-;/m0./s1. The van der Waals surface area contributed by atoms with Crippen LogP contribution in [0, 0.1) is 0 Å². The number of likely N-dealkylation sites (N-methyl/N-ethyl adjacent to an activating group) is 1. The Labute approximate surface area is 62.8 Å². The Kier molecular flexibility index (Phi) is 6.02. The third kappa shape index (κ3) is 4.84. The molecule has 0 aliphatic heterocycles. The quantitative estimate of drug-likeness (QED) is 0.649. The van der Waals surface area contributed by atoms with Crippen LogP contribution in [0.15, 0.2) is 0 Å². The molecule has 0 bridgehead atoms. The number of rotatable bonds is 2. The first-order chi connectivity index (χ1) is 3.98. The summed E-state index contributed by atoms with van der Waals surface area (Å²) in [5.74, 6) is 0. The zero-order valence-electron chi connectivity index (χ0n) is 5.27. The highest BCUT2D eigenvalue weighted by molar-refractivity contribution is 5.85. The highest BCUT2D eigenvalue weighted by Gasteiger charge is 2.37. The number of aliphatic hydroxyl groups is 1. The lowest BCUT2D eigenvalue weighted by atomic mass is 10.3. The number of nitrogens with one attached hydrogen (secondary N) is 1. The SMILES string of the molecule is CNC[C@H](O)C(F)(F)F.Cl. The number of hydrogen-bond donors (Lipinski definition) is 2. The molecular weight excluding hydrogens is 170 g/mol. The van der Waals surface area contributed by atoms with E-state index >= 15 is 0 Å². The van der Waals surface area contributed by atoms with E-state index in [1.54, 1.807) is 0 Å². The first-order valence-electron chi connectivity index (χ1n) is 2.38. The van der Waals surface area contributed by atoms with Gasteiger partial charge in [0.15, 0.2) is 6.10 Å². The Morgan fingerprint density at radius 3 is 2.00 bits per heavy atom. The van der Waals surface area contributed by atoms with Crippen LogP contribution in [-0.4, -0.2) is 31.0 Å². The van der Waals surface area contributed by atoms with Gasteiger partial charge in [0.2, 0.25) is 0 Å². The minimum atomic E-state index is -4.50. The van der Waals surface area contributed by atoms with Crippen molar-refractivity contribution in [3.8, 4) is 0 Å². The molecule has 1 atom stereocenters. The van der Waals surface area contributed by atoms with E-state index in [0.29, 0.717) is 0 Å². The minimum Gasteiger partial charge on any atom is -0.382 e. The van der Waals surface area contributed by atoms with Crippen molar-refractivity contribution in [3.05, 3.63) is 0 Å². The molecule has 0 spiro atoms.